The molecule has 0 aromatic heterocycles. The van der Waals surface area contributed by atoms with Crippen LogP contribution in [0.2, 0.25) is 0 Å². The van der Waals surface area contributed by atoms with Crippen LogP contribution < -0.4 is 5.32 Å². The van der Waals surface area contributed by atoms with E-state index in [1.165, 1.54) is 24.3 Å². The zero-order valence-electron chi connectivity index (χ0n) is 19.1. The summed E-state index contributed by atoms with van der Waals surface area (Å²) < 4.78 is 76.7. The van der Waals surface area contributed by atoms with Crippen LogP contribution in [-0.2, 0) is 18.8 Å². The Kier molecular flexibility index (Phi) is 7.82. The maximum atomic E-state index is 12.8. The van der Waals surface area contributed by atoms with Crippen molar-refractivity contribution in [3.8, 4) is 0 Å². The fourth-order valence-electron chi connectivity index (χ4n) is 3.05. The van der Waals surface area contributed by atoms with Gasteiger partial charge in [0.1, 0.15) is 0 Å². The summed E-state index contributed by atoms with van der Waals surface area (Å²) in [6.45, 7) is 5.34. The highest BCUT2D eigenvalue weighted by molar-refractivity contribution is 5.81. The predicted molar refractivity (Wildman–Crippen MR) is 123 cm³/mol. The number of alkyl halides is 6. The third-order valence-corrected chi connectivity index (χ3v) is 5.15. The molecule has 35 heavy (non-hydrogen) atoms. The van der Waals surface area contributed by atoms with Crippen molar-refractivity contribution >= 4 is 12.0 Å². The number of halogens is 6. The van der Waals surface area contributed by atoms with Crippen LogP contribution in [-0.4, -0.2) is 19.0 Å². The SMILES string of the molecule is CC1(C)CN=C(N=NC(C=Cc2ccc(C(F)(F)F)cc2)=CCc2ccc(C(F)(F)F)cc2)NC1. The number of rotatable bonds is 5. The molecule has 10 heteroatoms. The second kappa shape index (κ2) is 10.5. The molecule has 1 N–H and O–H groups in total. The molecule has 0 radical (unpaired) electrons. The first-order valence-electron chi connectivity index (χ1n) is 10.7. The van der Waals surface area contributed by atoms with Gasteiger partial charge in [-0.2, -0.15) is 26.3 Å². The Hall–Kier alpha value is -3.43. The lowest BCUT2D eigenvalue weighted by molar-refractivity contribution is -0.138. The van der Waals surface area contributed by atoms with E-state index < -0.39 is 23.5 Å². The predicted octanol–water partition coefficient (Wildman–Crippen LogP) is 7.30. The molecular formula is C25H24F6N4. The summed E-state index contributed by atoms with van der Waals surface area (Å²) in [7, 11) is 0. The lowest BCUT2D eigenvalue weighted by Crippen LogP contribution is -2.39. The fraction of sp³-hybridized carbons (Fsp3) is 0.320. The number of nitrogens with zero attached hydrogens (tertiary/aromatic N) is 3. The van der Waals surface area contributed by atoms with E-state index in [-0.39, 0.29) is 11.8 Å². The van der Waals surface area contributed by atoms with Crippen molar-refractivity contribution < 1.29 is 26.3 Å². The van der Waals surface area contributed by atoms with Crippen LogP contribution in [0.15, 0.2) is 81.6 Å². The van der Waals surface area contributed by atoms with E-state index in [0.29, 0.717) is 35.9 Å². The van der Waals surface area contributed by atoms with Crippen molar-refractivity contribution in [1.29, 1.82) is 0 Å². The molecule has 0 fully saturated rings. The lowest BCUT2D eigenvalue weighted by Gasteiger charge is -2.27. The second-order valence-electron chi connectivity index (χ2n) is 8.84. The van der Waals surface area contributed by atoms with Crippen LogP contribution in [0.5, 0.6) is 0 Å². The van der Waals surface area contributed by atoms with Gasteiger partial charge in [0.15, 0.2) is 0 Å². The fourth-order valence-corrected chi connectivity index (χ4v) is 3.05. The van der Waals surface area contributed by atoms with E-state index in [4.69, 9.17) is 0 Å². The highest BCUT2D eigenvalue weighted by Crippen LogP contribution is 2.30. The van der Waals surface area contributed by atoms with Crippen molar-refractivity contribution in [2.75, 3.05) is 13.1 Å². The van der Waals surface area contributed by atoms with E-state index in [1.807, 2.05) is 0 Å². The number of aliphatic imine (C=N–C) groups is 1. The number of guanidine groups is 1. The molecule has 1 heterocycles. The van der Waals surface area contributed by atoms with Crippen LogP contribution in [0.25, 0.3) is 6.08 Å². The van der Waals surface area contributed by atoms with Crippen molar-refractivity contribution in [3.63, 3.8) is 0 Å². The molecule has 1 aliphatic rings. The Morgan fingerprint density at radius 3 is 2.03 bits per heavy atom. The maximum absolute atomic E-state index is 12.8. The van der Waals surface area contributed by atoms with Gasteiger partial charge in [-0.3, -0.25) is 0 Å². The molecule has 4 nitrogen and oxygen atoms in total. The number of hydrogen-bond donors (Lipinski definition) is 1. The first-order valence-corrected chi connectivity index (χ1v) is 10.7. The van der Waals surface area contributed by atoms with Gasteiger partial charge < -0.3 is 5.32 Å². The molecule has 2 aromatic rings. The summed E-state index contributed by atoms with van der Waals surface area (Å²) in [5, 5.41) is 11.4. The van der Waals surface area contributed by atoms with Crippen LogP contribution >= 0.6 is 0 Å². The summed E-state index contributed by atoms with van der Waals surface area (Å²) in [5.74, 6) is 0.354. The first kappa shape index (κ1) is 26.2. The van der Waals surface area contributed by atoms with E-state index >= 15 is 0 Å². The lowest BCUT2D eigenvalue weighted by atomic mass is 9.93. The van der Waals surface area contributed by atoms with Crippen molar-refractivity contribution in [2.24, 2.45) is 20.6 Å². The summed E-state index contributed by atoms with van der Waals surface area (Å²) >= 11 is 0. The molecule has 1 aliphatic heterocycles. The monoisotopic (exact) mass is 494 g/mol. The molecule has 0 saturated carbocycles. The Labute approximate surface area is 199 Å². The third kappa shape index (κ3) is 8.08. The van der Waals surface area contributed by atoms with Crippen LogP contribution in [0.3, 0.4) is 0 Å². The maximum Gasteiger partial charge on any atom is 0.416 e. The topological polar surface area (TPSA) is 49.1 Å². The van der Waals surface area contributed by atoms with E-state index in [2.05, 4.69) is 34.4 Å². The molecule has 0 bridgehead atoms. The number of allylic oxidation sites excluding steroid dienone is 2. The highest BCUT2D eigenvalue weighted by Gasteiger charge is 2.30. The molecule has 0 aliphatic carbocycles. The number of azo groups is 1. The van der Waals surface area contributed by atoms with E-state index in [0.717, 1.165) is 24.3 Å². The Morgan fingerprint density at radius 2 is 1.51 bits per heavy atom. The quantitative estimate of drug-likeness (QED) is 0.265. The number of nitrogens with one attached hydrogen (secondary N) is 1. The smallest absolute Gasteiger partial charge is 0.353 e. The number of benzene rings is 2. The highest BCUT2D eigenvalue weighted by atomic mass is 19.4. The Bertz CT molecular complexity index is 1120. The van der Waals surface area contributed by atoms with Crippen LogP contribution in [0.4, 0.5) is 26.3 Å². The van der Waals surface area contributed by atoms with Gasteiger partial charge in [-0.25, -0.2) is 4.99 Å². The van der Waals surface area contributed by atoms with Gasteiger partial charge in [0.05, 0.1) is 16.8 Å². The molecule has 0 atom stereocenters. The summed E-state index contributed by atoms with van der Waals surface area (Å²) in [5.41, 5.74) is 0.0162. The minimum absolute atomic E-state index is 0.0112. The average molecular weight is 494 g/mol. The van der Waals surface area contributed by atoms with Crippen LogP contribution in [0, 0.1) is 5.41 Å². The number of hydrogen-bond acceptors (Lipinski definition) is 4. The molecule has 0 saturated heterocycles. The van der Waals surface area contributed by atoms with Crippen molar-refractivity contribution in [2.45, 2.75) is 32.6 Å². The van der Waals surface area contributed by atoms with Crippen molar-refractivity contribution in [1.82, 2.24) is 5.32 Å². The van der Waals surface area contributed by atoms with Gasteiger partial charge in [-0.15, -0.1) is 10.2 Å². The zero-order valence-corrected chi connectivity index (χ0v) is 19.1. The molecule has 186 valence electrons. The van der Waals surface area contributed by atoms with E-state index in [1.54, 1.807) is 18.2 Å². The molecule has 3 rings (SSSR count). The summed E-state index contributed by atoms with van der Waals surface area (Å²) in [6.07, 6.45) is -3.75. The van der Waals surface area contributed by atoms with Crippen molar-refractivity contribution in [3.05, 3.63) is 88.6 Å². The third-order valence-electron chi connectivity index (χ3n) is 5.15. The standard InChI is InChI=1S/C25H24F6N4/c1-23(2)15-32-22(33-16-23)35-34-21(13-7-17-3-9-19(10-4-17)24(26,27)28)14-8-18-5-11-20(12-6-18)25(29,30)31/h3-7,9-14H,8,15-16H2,1-2H3,(H,32,33). The largest absolute Gasteiger partial charge is 0.416 e. The van der Waals surface area contributed by atoms with Gasteiger partial charge in [-0.1, -0.05) is 50.3 Å². The normalized spacial score (nSPS) is 17.0. The molecule has 2 aromatic carbocycles. The Morgan fingerprint density at radius 1 is 0.943 bits per heavy atom. The summed E-state index contributed by atoms with van der Waals surface area (Å²) in [6, 6.07) is 9.39. The molecule has 0 amide bonds. The van der Waals surface area contributed by atoms with Gasteiger partial charge in [0.2, 0.25) is 5.96 Å². The second-order valence-corrected chi connectivity index (χ2v) is 8.84. The van der Waals surface area contributed by atoms with Gasteiger partial charge in [-0.05, 0) is 47.9 Å². The molecular weight excluding hydrogens is 470 g/mol. The zero-order chi connectivity index (χ0) is 25.7. The molecule has 0 spiro atoms. The van der Waals surface area contributed by atoms with Gasteiger partial charge in [0, 0.05) is 18.5 Å². The average Bonchev–Trinajstić information content (AvgIpc) is 2.79. The van der Waals surface area contributed by atoms with E-state index in [9.17, 15) is 26.3 Å². The van der Waals surface area contributed by atoms with Gasteiger partial charge in [0.25, 0.3) is 0 Å². The summed E-state index contributed by atoms with van der Waals surface area (Å²) in [4.78, 5) is 4.34. The van der Waals surface area contributed by atoms with Gasteiger partial charge >= 0.3 is 12.4 Å². The minimum Gasteiger partial charge on any atom is -0.353 e. The minimum atomic E-state index is -4.43. The molecule has 0 unspecified atom stereocenters. The van der Waals surface area contributed by atoms with Crippen LogP contribution in [0.1, 0.15) is 36.1 Å². The first-order chi connectivity index (χ1) is 16.3. The Balaban J connectivity index is 1.80.